The quantitative estimate of drug-likeness (QED) is 0.146. The number of imidazole rings is 1. The number of pyridine rings is 1. The number of aromatic amines is 1. The maximum atomic E-state index is 12.5. The van der Waals surface area contributed by atoms with Gasteiger partial charge in [-0.25, -0.2) is 14.5 Å². The van der Waals surface area contributed by atoms with Gasteiger partial charge in [-0.1, -0.05) is 50.6 Å². The van der Waals surface area contributed by atoms with Crippen molar-refractivity contribution < 1.29 is 28.2 Å². The summed E-state index contributed by atoms with van der Waals surface area (Å²) in [5, 5.41) is 5.34. The number of benzene rings is 1. The lowest BCUT2D eigenvalue weighted by molar-refractivity contribution is 0.0116. The minimum atomic E-state index is -2.00. The molecule has 272 valence electrons. The first-order valence-electron chi connectivity index (χ1n) is 17.4. The first-order valence-corrected chi connectivity index (χ1v) is 20.7. The van der Waals surface area contributed by atoms with Gasteiger partial charge < -0.3 is 28.4 Å². The summed E-state index contributed by atoms with van der Waals surface area (Å²) in [4.78, 5) is 27.1. The Hall–Kier alpha value is -3.75. The highest BCUT2D eigenvalue weighted by atomic mass is 35.5. The lowest BCUT2D eigenvalue weighted by atomic mass is 10.1. The van der Waals surface area contributed by atoms with Gasteiger partial charge in [0.05, 0.1) is 60.0 Å². The number of ether oxygens (including phenoxy) is 4. The van der Waals surface area contributed by atoms with Gasteiger partial charge >= 0.3 is 6.09 Å². The highest BCUT2D eigenvalue weighted by molar-refractivity contribution is 6.74. The van der Waals surface area contributed by atoms with Gasteiger partial charge in [-0.2, -0.15) is 10.1 Å². The number of hydrogen-bond donors (Lipinski definition) is 1. The third-order valence-electron chi connectivity index (χ3n) is 10.1. The van der Waals surface area contributed by atoms with E-state index in [0.717, 1.165) is 28.1 Å². The number of rotatable bonds is 8. The van der Waals surface area contributed by atoms with Crippen LogP contribution in [0.25, 0.3) is 28.1 Å². The van der Waals surface area contributed by atoms with E-state index in [1.165, 1.54) is 0 Å². The zero-order valence-corrected chi connectivity index (χ0v) is 32.3. The average Bonchev–Trinajstić information content (AvgIpc) is 3.86. The van der Waals surface area contributed by atoms with Gasteiger partial charge in [0.25, 0.3) is 6.01 Å². The fraction of sp³-hybridized carbons (Fsp3) is 0.514. The van der Waals surface area contributed by atoms with E-state index in [9.17, 15) is 4.79 Å². The third-order valence-corrected chi connectivity index (χ3v) is 15.0. The van der Waals surface area contributed by atoms with E-state index in [-0.39, 0.29) is 35.5 Å². The summed E-state index contributed by atoms with van der Waals surface area (Å²) < 4.78 is 32.7. The molecule has 12 nitrogen and oxygen atoms in total. The van der Waals surface area contributed by atoms with Crippen LogP contribution in [-0.4, -0.2) is 87.3 Å². The number of carbonyl (C=O) groups excluding carboxylic acids is 1. The summed E-state index contributed by atoms with van der Waals surface area (Å²) in [5.41, 5.74) is 5.62. The minimum Gasteiger partial charge on any atom is -0.456 e. The van der Waals surface area contributed by atoms with E-state index < -0.39 is 13.9 Å². The monoisotopic (exact) mass is 734 g/mol. The summed E-state index contributed by atoms with van der Waals surface area (Å²) in [6, 6.07) is 8.20. The topological polar surface area (TPSA) is 126 Å². The number of amides is 1. The van der Waals surface area contributed by atoms with Crippen LogP contribution >= 0.6 is 11.6 Å². The van der Waals surface area contributed by atoms with Crippen LogP contribution in [0.1, 0.15) is 58.4 Å². The summed E-state index contributed by atoms with van der Waals surface area (Å²) in [6.45, 7) is 22.4. The number of H-pyrrole nitrogens is 1. The third kappa shape index (κ3) is 6.94. The van der Waals surface area contributed by atoms with Crippen LogP contribution in [0.2, 0.25) is 23.2 Å². The van der Waals surface area contributed by atoms with Crippen LogP contribution in [-0.2, 0) is 38.1 Å². The Labute approximate surface area is 304 Å². The molecule has 1 aromatic carbocycles. The van der Waals surface area contributed by atoms with Crippen LogP contribution in [0, 0.1) is 0 Å². The Morgan fingerprint density at radius 1 is 1.06 bits per heavy atom. The second kappa shape index (κ2) is 13.0. The number of fused-ring (bicyclic) bond motifs is 3. The molecule has 51 heavy (non-hydrogen) atoms. The van der Waals surface area contributed by atoms with Gasteiger partial charge in [-0.05, 0) is 57.5 Å². The largest absolute Gasteiger partial charge is 0.456 e. The van der Waals surface area contributed by atoms with Crippen LogP contribution < -0.4 is 4.74 Å². The van der Waals surface area contributed by atoms with Gasteiger partial charge in [-0.15, -0.1) is 6.58 Å². The number of allylic oxidation sites excluding steroid dienone is 1. The first-order chi connectivity index (χ1) is 24.0. The van der Waals surface area contributed by atoms with Crippen molar-refractivity contribution in [1.82, 2.24) is 29.6 Å². The molecule has 4 atom stereocenters. The SMILES string of the molecule is C=CCc1c(Cl)c(-c2ccc(-n3cc4c(n3)CN(C(=O)OC(C)(C)C)C4)cc2)nc2nc(O[C@@H]3CO[C@H]4[C@@H]3OC[C@H]4O[Si](C)(C)C(C)(C)C)[nH]c12. The van der Waals surface area contributed by atoms with E-state index in [2.05, 4.69) is 45.4 Å². The van der Waals surface area contributed by atoms with Crippen molar-refractivity contribution in [2.24, 2.45) is 0 Å². The summed E-state index contributed by atoms with van der Waals surface area (Å²) >= 11 is 7.03. The van der Waals surface area contributed by atoms with E-state index in [1.54, 1.807) is 11.0 Å². The van der Waals surface area contributed by atoms with Gasteiger partial charge in [0.1, 0.15) is 17.8 Å². The van der Waals surface area contributed by atoms with Crippen molar-refractivity contribution in [2.75, 3.05) is 13.2 Å². The molecule has 14 heteroatoms. The molecular weight excluding hydrogens is 688 g/mol. The zero-order chi connectivity index (χ0) is 36.5. The minimum absolute atomic E-state index is 0.0841. The maximum Gasteiger partial charge on any atom is 0.410 e. The molecule has 0 unspecified atom stereocenters. The van der Waals surface area contributed by atoms with Crippen molar-refractivity contribution in [3.8, 4) is 23.0 Å². The fourth-order valence-corrected chi connectivity index (χ4v) is 8.10. The Morgan fingerprint density at radius 2 is 1.75 bits per heavy atom. The van der Waals surface area contributed by atoms with Crippen LogP contribution in [0.4, 0.5) is 4.79 Å². The molecule has 2 fully saturated rings. The van der Waals surface area contributed by atoms with E-state index in [1.807, 2.05) is 55.9 Å². The Bertz CT molecular complexity index is 1940. The number of halogens is 1. The normalized spacial score (nSPS) is 22.0. The zero-order valence-electron chi connectivity index (χ0n) is 30.6. The molecule has 3 aliphatic rings. The molecule has 7 rings (SSSR count). The number of carbonyl (C=O) groups is 1. The first kappa shape index (κ1) is 35.6. The molecule has 1 N–H and O–H groups in total. The molecule has 0 bridgehead atoms. The van der Waals surface area contributed by atoms with Crippen molar-refractivity contribution in [3.63, 3.8) is 0 Å². The molecule has 2 saturated heterocycles. The molecule has 0 saturated carbocycles. The van der Waals surface area contributed by atoms with Crippen molar-refractivity contribution in [3.05, 3.63) is 65.0 Å². The molecule has 3 aromatic heterocycles. The maximum absolute atomic E-state index is 12.5. The molecule has 0 radical (unpaired) electrons. The molecular formula is C37H47ClN6O6Si. The number of aromatic nitrogens is 5. The molecule has 0 spiro atoms. The predicted octanol–water partition coefficient (Wildman–Crippen LogP) is 7.38. The van der Waals surface area contributed by atoms with E-state index >= 15 is 0 Å². The highest BCUT2D eigenvalue weighted by Crippen LogP contribution is 2.41. The standard InChI is InChI=1S/C37H47ClN6O6Si/c1-10-11-24-28(38)29(21-12-14-23(15-13-21)44-17-22-16-43(18-25(22)42-44)35(45)49-36(2,3)4)39-33-30(24)40-34(41-33)48-26-19-46-32-27(20-47-31(26)32)50-51(8,9)37(5,6)7/h10,12-15,17,26-27,31-32H,1,11,16,18-20H2,2-9H3,(H,39,40,41)/t26-,27-,31-,32-/m1/s1. The predicted molar refractivity (Wildman–Crippen MR) is 197 cm³/mol. The van der Waals surface area contributed by atoms with Crippen molar-refractivity contribution in [1.29, 1.82) is 0 Å². The van der Waals surface area contributed by atoms with Crippen molar-refractivity contribution >= 4 is 37.2 Å². The van der Waals surface area contributed by atoms with E-state index in [4.69, 9.17) is 50.0 Å². The molecule has 1 amide bonds. The van der Waals surface area contributed by atoms with Crippen LogP contribution in [0.3, 0.4) is 0 Å². The van der Waals surface area contributed by atoms with Crippen LogP contribution in [0.5, 0.6) is 6.01 Å². The molecule has 0 aliphatic carbocycles. The number of nitrogens with zero attached hydrogens (tertiary/aromatic N) is 5. The summed E-state index contributed by atoms with van der Waals surface area (Å²) in [7, 11) is -2.00. The Balaban J connectivity index is 1.07. The molecule has 4 aromatic rings. The number of hydrogen-bond acceptors (Lipinski definition) is 9. The van der Waals surface area contributed by atoms with Gasteiger partial charge in [0.15, 0.2) is 20.1 Å². The second-order valence-electron chi connectivity index (χ2n) is 16.1. The highest BCUT2D eigenvalue weighted by Gasteiger charge is 2.52. The van der Waals surface area contributed by atoms with Crippen LogP contribution in [0.15, 0.2) is 43.1 Å². The van der Waals surface area contributed by atoms with Gasteiger partial charge in [-0.3, -0.25) is 4.90 Å². The summed E-state index contributed by atoms with van der Waals surface area (Å²) in [5.74, 6) is 0. The van der Waals surface area contributed by atoms with E-state index in [0.29, 0.717) is 60.6 Å². The molecule has 3 aliphatic heterocycles. The Kier molecular flexibility index (Phi) is 9.11. The fourth-order valence-electron chi connectivity index (χ4n) is 6.47. The number of nitrogens with one attached hydrogen (secondary N) is 1. The van der Waals surface area contributed by atoms with Crippen molar-refractivity contribution in [2.45, 2.75) is 109 Å². The smallest absolute Gasteiger partial charge is 0.410 e. The Morgan fingerprint density at radius 3 is 2.39 bits per heavy atom. The molecule has 6 heterocycles. The van der Waals surface area contributed by atoms with Gasteiger partial charge in [0, 0.05) is 22.9 Å². The summed E-state index contributed by atoms with van der Waals surface area (Å²) in [6.07, 6.45) is 3.00. The average molecular weight is 735 g/mol. The lowest BCUT2D eigenvalue weighted by Gasteiger charge is -2.39. The second-order valence-corrected chi connectivity index (χ2v) is 21.2. The van der Waals surface area contributed by atoms with Gasteiger partial charge in [0.2, 0.25) is 0 Å². The lowest BCUT2D eigenvalue weighted by Crippen LogP contribution is -2.47.